The lowest BCUT2D eigenvalue weighted by Gasteiger charge is -2.37. The Morgan fingerprint density at radius 1 is 1.17 bits per heavy atom. The van der Waals surface area contributed by atoms with Crippen molar-refractivity contribution in [1.29, 1.82) is 0 Å². The van der Waals surface area contributed by atoms with Crippen molar-refractivity contribution >= 4 is 0 Å². The molecule has 2 aromatic rings. The average Bonchev–Trinajstić information content (AvgIpc) is 2.88. The zero-order valence-electron chi connectivity index (χ0n) is 13.7. The summed E-state index contributed by atoms with van der Waals surface area (Å²) in [7, 11) is 0. The van der Waals surface area contributed by atoms with E-state index in [9.17, 15) is 8.78 Å². The number of fused-ring (bicyclic) bond motifs is 5. The maximum atomic E-state index is 14.1. The number of hydrogen-bond donors (Lipinski definition) is 0. The molecule has 0 saturated heterocycles. The first-order valence-corrected chi connectivity index (χ1v) is 8.25. The van der Waals surface area contributed by atoms with Crippen molar-refractivity contribution in [1.82, 2.24) is 10.2 Å². The third-order valence-electron chi connectivity index (χ3n) is 6.44. The van der Waals surface area contributed by atoms with Gasteiger partial charge in [0.1, 0.15) is 11.6 Å². The van der Waals surface area contributed by atoms with Gasteiger partial charge in [0, 0.05) is 5.41 Å². The minimum atomic E-state index is -0.591. The normalized spacial score (nSPS) is 27.3. The van der Waals surface area contributed by atoms with Crippen molar-refractivity contribution in [2.45, 2.75) is 51.4 Å². The van der Waals surface area contributed by atoms with Gasteiger partial charge >= 0.3 is 0 Å². The number of halogens is 2. The van der Waals surface area contributed by atoms with E-state index in [2.05, 4.69) is 31.0 Å². The van der Waals surface area contributed by atoms with Crippen LogP contribution in [-0.2, 0) is 5.41 Å². The molecule has 0 N–H and O–H groups in total. The fraction of sp³-hybridized carbons (Fsp3) is 0.474. The monoisotopic (exact) mass is 314 g/mol. The summed E-state index contributed by atoms with van der Waals surface area (Å²) in [6.45, 7) is 6.78. The second kappa shape index (κ2) is 4.59. The van der Waals surface area contributed by atoms with Gasteiger partial charge in [-0.25, -0.2) is 8.78 Å². The maximum Gasteiger partial charge on any atom is 0.135 e. The maximum absolute atomic E-state index is 14.1. The fourth-order valence-electron chi connectivity index (χ4n) is 5.08. The van der Waals surface area contributed by atoms with Crippen LogP contribution in [0.3, 0.4) is 0 Å². The van der Waals surface area contributed by atoms with Gasteiger partial charge in [-0.1, -0.05) is 26.8 Å². The van der Waals surface area contributed by atoms with Crippen LogP contribution in [0.4, 0.5) is 8.78 Å². The van der Waals surface area contributed by atoms with Crippen molar-refractivity contribution in [3.63, 3.8) is 0 Å². The summed E-state index contributed by atoms with van der Waals surface area (Å²) in [5.74, 6) is -0.791. The van der Waals surface area contributed by atoms with Gasteiger partial charge in [0.05, 0.1) is 17.0 Å². The van der Waals surface area contributed by atoms with Crippen molar-refractivity contribution in [3.05, 3.63) is 47.2 Å². The van der Waals surface area contributed by atoms with E-state index in [4.69, 9.17) is 0 Å². The Morgan fingerprint density at radius 3 is 2.52 bits per heavy atom. The van der Waals surface area contributed by atoms with E-state index in [1.165, 1.54) is 18.2 Å². The Balaban J connectivity index is 1.92. The summed E-state index contributed by atoms with van der Waals surface area (Å²) >= 11 is 0. The molecule has 0 aliphatic heterocycles. The highest BCUT2D eigenvalue weighted by atomic mass is 19.1. The second-order valence-corrected chi connectivity index (χ2v) is 7.38. The van der Waals surface area contributed by atoms with Crippen LogP contribution in [-0.4, -0.2) is 10.2 Å². The van der Waals surface area contributed by atoms with Crippen molar-refractivity contribution < 1.29 is 8.78 Å². The molecule has 4 rings (SSSR count). The molecule has 1 saturated carbocycles. The molecule has 0 amide bonds. The first-order valence-electron chi connectivity index (χ1n) is 8.25. The standard InChI is InChI=1S/C19H20F2N2/c1-4-19-9-8-12(18(19,2)3)11-10-15(22-23-17(11)19)16-13(20)6-5-7-14(16)21/h5-7,10,12H,4,8-9H2,1-3H3/t12-,19+/m0/s1. The van der Waals surface area contributed by atoms with Crippen molar-refractivity contribution in [2.24, 2.45) is 5.41 Å². The molecule has 4 heteroatoms. The Kier molecular flexibility index (Phi) is 2.94. The van der Waals surface area contributed by atoms with Crippen LogP contribution in [0.5, 0.6) is 0 Å². The van der Waals surface area contributed by atoms with Gasteiger partial charge in [0.25, 0.3) is 0 Å². The Labute approximate surface area is 135 Å². The molecular formula is C19H20F2N2. The van der Waals surface area contributed by atoms with Crippen LogP contribution in [0.25, 0.3) is 11.3 Å². The molecule has 1 heterocycles. The number of nitrogens with zero attached hydrogens (tertiary/aromatic N) is 2. The first-order chi connectivity index (χ1) is 10.9. The predicted molar refractivity (Wildman–Crippen MR) is 85.1 cm³/mol. The van der Waals surface area contributed by atoms with Gasteiger partial charge < -0.3 is 0 Å². The molecule has 120 valence electrons. The zero-order valence-corrected chi connectivity index (χ0v) is 13.7. The van der Waals surface area contributed by atoms with E-state index in [-0.39, 0.29) is 16.4 Å². The summed E-state index contributed by atoms with van der Waals surface area (Å²) < 4.78 is 28.1. The number of rotatable bonds is 2. The van der Waals surface area contributed by atoms with E-state index >= 15 is 0 Å². The predicted octanol–water partition coefficient (Wildman–Crippen LogP) is 4.99. The SMILES string of the molecule is CC[C@@]12CC[C@@H](c3cc(-c4c(F)cccc4F)nnc31)C2(C)C. The highest BCUT2D eigenvalue weighted by Gasteiger charge is 2.62. The smallest absolute Gasteiger partial charge is 0.135 e. The molecule has 2 atom stereocenters. The molecule has 2 bridgehead atoms. The zero-order chi connectivity index (χ0) is 16.4. The molecule has 0 radical (unpaired) electrons. The molecule has 0 unspecified atom stereocenters. The number of benzene rings is 1. The molecule has 1 fully saturated rings. The lowest BCUT2D eigenvalue weighted by molar-refractivity contribution is 0.198. The largest absolute Gasteiger partial charge is 0.206 e. The molecule has 2 nitrogen and oxygen atoms in total. The topological polar surface area (TPSA) is 25.8 Å². The summed E-state index contributed by atoms with van der Waals surface area (Å²) in [6, 6.07) is 5.76. The number of aromatic nitrogens is 2. The lowest BCUT2D eigenvalue weighted by Crippen LogP contribution is -2.34. The van der Waals surface area contributed by atoms with Crippen LogP contribution >= 0.6 is 0 Å². The van der Waals surface area contributed by atoms with Gasteiger partial charge in [0.15, 0.2) is 0 Å². The van der Waals surface area contributed by atoms with Gasteiger partial charge in [-0.15, -0.1) is 0 Å². The van der Waals surface area contributed by atoms with E-state index in [1.54, 1.807) is 0 Å². The molecule has 2 aliphatic rings. The van der Waals surface area contributed by atoms with Crippen LogP contribution in [0.1, 0.15) is 57.2 Å². The van der Waals surface area contributed by atoms with Crippen LogP contribution in [0.15, 0.2) is 24.3 Å². The van der Waals surface area contributed by atoms with Crippen molar-refractivity contribution in [3.8, 4) is 11.3 Å². The minimum absolute atomic E-state index is 0.0479. The molecule has 2 aliphatic carbocycles. The highest BCUT2D eigenvalue weighted by molar-refractivity contribution is 5.63. The van der Waals surface area contributed by atoms with Gasteiger partial charge in [-0.3, -0.25) is 0 Å². The Hall–Kier alpha value is -1.84. The van der Waals surface area contributed by atoms with Crippen LogP contribution < -0.4 is 0 Å². The van der Waals surface area contributed by atoms with E-state index in [1.807, 2.05) is 6.07 Å². The molecule has 1 aromatic heterocycles. The molecule has 1 aromatic carbocycles. The average molecular weight is 314 g/mol. The quantitative estimate of drug-likeness (QED) is 0.780. The van der Waals surface area contributed by atoms with Gasteiger partial charge in [0.2, 0.25) is 0 Å². The van der Waals surface area contributed by atoms with Gasteiger partial charge in [-0.2, -0.15) is 10.2 Å². The Bertz CT molecular complexity index is 780. The van der Waals surface area contributed by atoms with E-state index in [0.717, 1.165) is 30.5 Å². The molecule has 23 heavy (non-hydrogen) atoms. The fourth-order valence-corrected chi connectivity index (χ4v) is 5.08. The summed E-state index contributed by atoms with van der Waals surface area (Å²) in [4.78, 5) is 0. The molecule has 0 spiro atoms. The van der Waals surface area contributed by atoms with Crippen molar-refractivity contribution in [2.75, 3.05) is 0 Å². The van der Waals surface area contributed by atoms with Crippen LogP contribution in [0, 0.1) is 17.0 Å². The third kappa shape index (κ3) is 1.67. The highest BCUT2D eigenvalue weighted by Crippen LogP contribution is 2.68. The summed E-state index contributed by atoms with van der Waals surface area (Å²) in [5.41, 5.74) is 2.57. The van der Waals surface area contributed by atoms with E-state index < -0.39 is 11.6 Å². The summed E-state index contributed by atoms with van der Waals surface area (Å²) in [5, 5.41) is 8.65. The number of hydrogen-bond acceptors (Lipinski definition) is 2. The summed E-state index contributed by atoms with van der Waals surface area (Å²) in [6.07, 6.45) is 3.25. The van der Waals surface area contributed by atoms with E-state index in [0.29, 0.717) is 11.6 Å². The molecular weight excluding hydrogens is 294 g/mol. The first kappa shape index (κ1) is 14.7. The minimum Gasteiger partial charge on any atom is -0.206 e. The second-order valence-electron chi connectivity index (χ2n) is 7.38. The Morgan fingerprint density at radius 2 is 1.87 bits per heavy atom. The van der Waals surface area contributed by atoms with Crippen LogP contribution in [0.2, 0.25) is 0 Å². The lowest BCUT2D eigenvalue weighted by atomic mass is 9.67. The van der Waals surface area contributed by atoms with Gasteiger partial charge in [-0.05, 0) is 54.4 Å². The third-order valence-corrected chi connectivity index (χ3v) is 6.44.